The maximum Gasteiger partial charge on any atom is 0.165 e. The Bertz CT molecular complexity index is 2790. The van der Waals surface area contributed by atoms with Crippen LogP contribution in [0, 0.1) is 0 Å². The van der Waals surface area contributed by atoms with Crippen molar-refractivity contribution in [3.63, 3.8) is 0 Å². The molecule has 0 fully saturated rings. The van der Waals surface area contributed by atoms with Gasteiger partial charge in [0.05, 0.1) is 22.1 Å². The molecule has 3 nitrogen and oxygen atoms in total. The maximum absolute atomic E-state index is 5.41. The van der Waals surface area contributed by atoms with Crippen LogP contribution in [0.15, 0.2) is 140 Å². The number of rotatable bonds is 2. The molecule has 0 saturated heterocycles. The van der Waals surface area contributed by atoms with Crippen molar-refractivity contribution in [2.45, 2.75) is 0 Å². The fourth-order valence-electron chi connectivity index (χ4n) is 6.90. The van der Waals surface area contributed by atoms with Gasteiger partial charge in [0, 0.05) is 41.9 Å². The molecule has 0 saturated carbocycles. The zero-order valence-corrected chi connectivity index (χ0v) is 24.3. The van der Waals surface area contributed by atoms with Gasteiger partial charge in [0.1, 0.15) is 5.69 Å². The fraction of sp³-hybridized carbons (Fsp3) is 0. The van der Waals surface area contributed by atoms with Crippen molar-refractivity contribution in [2.75, 3.05) is 0 Å². The van der Waals surface area contributed by atoms with E-state index in [4.69, 9.17) is 9.97 Å². The van der Waals surface area contributed by atoms with Crippen LogP contribution in [0.4, 0.5) is 0 Å². The Morgan fingerprint density at radius 2 is 1.11 bits per heavy atom. The summed E-state index contributed by atoms with van der Waals surface area (Å²) in [5.74, 6) is 0.843. The van der Waals surface area contributed by atoms with Crippen molar-refractivity contribution in [2.24, 2.45) is 0 Å². The molecule has 7 aromatic carbocycles. The zero-order valence-electron chi connectivity index (χ0n) is 23.5. The van der Waals surface area contributed by atoms with Crippen molar-refractivity contribution in [3.05, 3.63) is 140 Å². The lowest BCUT2D eigenvalue weighted by atomic mass is 10.0. The highest BCUT2D eigenvalue weighted by Gasteiger charge is 2.21. The molecule has 0 radical (unpaired) electrons. The Morgan fingerprint density at radius 3 is 1.98 bits per heavy atom. The quantitative estimate of drug-likeness (QED) is 0.205. The van der Waals surface area contributed by atoms with E-state index in [0.29, 0.717) is 0 Å². The van der Waals surface area contributed by atoms with Crippen LogP contribution in [0.5, 0.6) is 0 Å². The van der Waals surface area contributed by atoms with Gasteiger partial charge in [0.2, 0.25) is 0 Å². The molecule has 0 atom stereocenters. The highest BCUT2D eigenvalue weighted by molar-refractivity contribution is 7.25. The van der Waals surface area contributed by atoms with Gasteiger partial charge >= 0.3 is 0 Å². The molecule has 0 aliphatic carbocycles. The van der Waals surface area contributed by atoms with E-state index in [0.717, 1.165) is 39.1 Å². The van der Waals surface area contributed by atoms with E-state index in [-0.39, 0.29) is 0 Å². The van der Waals surface area contributed by atoms with Gasteiger partial charge in [-0.25, -0.2) is 9.97 Å². The van der Waals surface area contributed by atoms with Gasteiger partial charge < -0.3 is 0 Å². The Hall–Kier alpha value is -5.58. The van der Waals surface area contributed by atoms with Crippen LogP contribution in [-0.2, 0) is 0 Å². The topological polar surface area (TPSA) is 30.7 Å². The van der Waals surface area contributed by atoms with Gasteiger partial charge in [-0.2, -0.15) is 0 Å². The number of para-hydroxylation sites is 2. The molecule has 0 unspecified atom stereocenters. The Balaban J connectivity index is 1.38. The summed E-state index contributed by atoms with van der Waals surface area (Å²) in [4.78, 5) is 10.7. The van der Waals surface area contributed by atoms with Crippen molar-refractivity contribution < 1.29 is 0 Å². The Morgan fingerprint density at radius 1 is 0.455 bits per heavy atom. The number of hydrogen-bond donors (Lipinski definition) is 0. The van der Waals surface area contributed by atoms with Gasteiger partial charge in [-0.1, -0.05) is 103 Å². The first kappa shape index (κ1) is 23.9. The molecule has 44 heavy (non-hydrogen) atoms. The van der Waals surface area contributed by atoms with Crippen LogP contribution in [0.3, 0.4) is 0 Å². The van der Waals surface area contributed by atoms with Crippen LogP contribution in [0.1, 0.15) is 0 Å². The summed E-state index contributed by atoms with van der Waals surface area (Å²) < 4.78 is 4.91. The highest BCUT2D eigenvalue weighted by Crippen LogP contribution is 2.42. The summed E-state index contributed by atoms with van der Waals surface area (Å²) in [5, 5.41) is 9.84. The normalized spacial score (nSPS) is 12.1. The molecule has 0 N–H and O–H groups in total. The average Bonchev–Trinajstić information content (AvgIpc) is 3.61. The zero-order chi connectivity index (χ0) is 28.8. The van der Waals surface area contributed by atoms with Crippen molar-refractivity contribution >= 4 is 85.9 Å². The first-order valence-electron chi connectivity index (χ1n) is 14.8. The van der Waals surface area contributed by atoms with E-state index in [2.05, 4.69) is 132 Å². The van der Waals surface area contributed by atoms with Gasteiger partial charge in [-0.05, 0) is 52.6 Å². The maximum atomic E-state index is 5.41. The lowest BCUT2D eigenvalue weighted by Crippen LogP contribution is -2.04. The van der Waals surface area contributed by atoms with E-state index in [9.17, 15) is 0 Å². The predicted octanol–water partition coefficient (Wildman–Crippen LogP) is 11.1. The summed E-state index contributed by atoms with van der Waals surface area (Å²) in [5.41, 5.74) is 5.99. The second-order valence-corrected chi connectivity index (χ2v) is 12.5. The summed E-state index contributed by atoms with van der Waals surface area (Å²) in [6, 6.07) is 50.0. The second-order valence-electron chi connectivity index (χ2n) is 11.4. The second kappa shape index (κ2) is 8.96. The molecular weight excluding hydrogens is 555 g/mol. The minimum atomic E-state index is 0.843. The molecule has 3 heterocycles. The van der Waals surface area contributed by atoms with Crippen LogP contribution < -0.4 is 0 Å². The molecule has 0 bridgehead atoms. The lowest BCUT2D eigenvalue weighted by Gasteiger charge is -2.15. The number of fused-ring (bicyclic) bond motifs is 10. The van der Waals surface area contributed by atoms with E-state index in [1.165, 1.54) is 52.5 Å². The molecule has 10 rings (SSSR count). The van der Waals surface area contributed by atoms with Gasteiger partial charge in [0.15, 0.2) is 5.82 Å². The average molecular weight is 578 g/mol. The number of nitrogens with zero attached hydrogens (tertiary/aromatic N) is 3. The van der Waals surface area contributed by atoms with Crippen LogP contribution in [-0.4, -0.2) is 14.5 Å². The van der Waals surface area contributed by atoms with E-state index >= 15 is 0 Å². The fourth-order valence-corrected chi connectivity index (χ4v) is 8.04. The molecule has 3 aromatic heterocycles. The smallest absolute Gasteiger partial charge is 0.165 e. The minimum absolute atomic E-state index is 0.843. The van der Waals surface area contributed by atoms with E-state index < -0.39 is 0 Å². The molecule has 0 spiro atoms. The first-order valence-corrected chi connectivity index (χ1v) is 15.7. The van der Waals surface area contributed by atoms with Gasteiger partial charge in [-0.15, -0.1) is 11.3 Å². The third-order valence-electron chi connectivity index (χ3n) is 8.94. The first-order chi connectivity index (χ1) is 21.8. The van der Waals surface area contributed by atoms with Crippen molar-refractivity contribution in [3.8, 4) is 17.1 Å². The lowest BCUT2D eigenvalue weighted by molar-refractivity contribution is 1.08. The number of aromatic nitrogens is 3. The molecule has 204 valence electrons. The summed E-state index contributed by atoms with van der Waals surface area (Å²) in [6.45, 7) is 0. The monoisotopic (exact) mass is 577 g/mol. The third-order valence-corrected chi connectivity index (χ3v) is 10.1. The Kier molecular flexibility index (Phi) is 4.87. The SMILES string of the molecule is c1ccc2cc3c(cc2c1)c1ccc2ccccc2c1n3-c1nc2ccccc2nc1-c1ccc2c(c1)sc1ccccc12. The predicted molar refractivity (Wildman–Crippen MR) is 187 cm³/mol. The molecule has 0 aliphatic rings. The van der Waals surface area contributed by atoms with Crippen molar-refractivity contribution in [1.82, 2.24) is 14.5 Å². The summed E-state index contributed by atoms with van der Waals surface area (Å²) >= 11 is 1.83. The van der Waals surface area contributed by atoms with E-state index in [1.54, 1.807) is 0 Å². The largest absolute Gasteiger partial charge is 0.291 e. The third kappa shape index (κ3) is 3.37. The van der Waals surface area contributed by atoms with E-state index in [1.807, 2.05) is 23.5 Å². The van der Waals surface area contributed by atoms with Crippen LogP contribution in [0.25, 0.3) is 91.6 Å². The molecular formula is C40H23N3S. The van der Waals surface area contributed by atoms with Crippen LogP contribution in [0.2, 0.25) is 0 Å². The minimum Gasteiger partial charge on any atom is -0.291 e. The van der Waals surface area contributed by atoms with Crippen LogP contribution >= 0.6 is 11.3 Å². The molecule has 4 heteroatoms. The standard InChI is InChI=1S/C40H23N3S/c1-2-11-26-22-35-32(21-25(26)10-1)31-20-17-24-9-3-4-12-28(24)39(31)43(35)40-38(41-33-14-6-7-15-34(33)42-40)27-18-19-30-29-13-5-8-16-36(29)44-37(30)23-27/h1-23H. The molecule has 0 aliphatic heterocycles. The Labute approximate surface area is 256 Å². The number of benzene rings is 7. The number of hydrogen-bond acceptors (Lipinski definition) is 3. The van der Waals surface area contributed by atoms with Gasteiger partial charge in [-0.3, -0.25) is 4.57 Å². The highest BCUT2D eigenvalue weighted by atomic mass is 32.1. The summed E-state index contributed by atoms with van der Waals surface area (Å²) in [7, 11) is 0. The molecule has 10 aromatic rings. The molecule has 0 amide bonds. The number of thiophene rings is 1. The van der Waals surface area contributed by atoms with Gasteiger partial charge in [0.25, 0.3) is 0 Å². The van der Waals surface area contributed by atoms with Crippen molar-refractivity contribution in [1.29, 1.82) is 0 Å². The summed E-state index contributed by atoms with van der Waals surface area (Å²) in [6.07, 6.45) is 0.